The summed E-state index contributed by atoms with van der Waals surface area (Å²) >= 11 is 3.20. The van der Waals surface area contributed by atoms with Crippen LogP contribution in [0.3, 0.4) is 0 Å². The third kappa shape index (κ3) is 2.76. The summed E-state index contributed by atoms with van der Waals surface area (Å²) in [7, 11) is -0.301. The highest BCUT2D eigenvalue weighted by Crippen LogP contribution is 2.29. The minimum atomic E-state index is -4.13. The lowest BCUT2D eigenvalue weighted by Crippen LogP contribution is -2.62. The van der Waals surface area contributed by atoms with E-state index in [1.807, 2.05) is 53.7 Å². The molecule has 2 aromatic rings. The summed E-state index contributed by atoms with van der Waals surface area (Å²) in [5.74, 6) is -0.0384. The zero-order valence-corrected chi connectivity index (χ0v) is 14.2. The number of nitrogens with zero attached hydrogens (tertiary/aromatic N) is 3. The Kier molecular flexibility index (Phi) is 3.64. The van der Waals surface area contributed by atoms with E-state index in [1.165, 1.54) is 17.5 Å². The maximum atomic E-state index is 14.1. The second kappa shape index (κ2) is 5.20. The third-order valence-corrected chi connectivity index (χ3v) is 4.78. The monoisotopic (exact) mass is 421 g/mol. The zero-order valence-electron chi connectivity index (χ0n) is 11.3. The zero-order chi connectivity index (χ0) is 15.2. The van der Waals surface area contributed by atoms with Crippen LogP contribution in [-0.2, 0) is 4.65 Å². The molecule has 2 heterocycles. The third-order valence-electron chi connectivity index (χ3n) is 3.06. The van der Waals surface area contributed by atoms with E-state index >= 15 is 0 Å². The highest BCUT2D eigenvalue weighted by Gasteiger charge is 2.47. The average Bonchev–Trinajstić information content (AvgIpc) is 2.80. The molecule has 1 aliphatic heterocycles. The van der Waals surface area contributed by atoms with E-state index in [2.05, 4.69) is 4.99 Å². The molecular formula is C12H11BF2IN3OS. The van der Waals surface area contributed by atoms with Crippen LogP contribution in [0, 0.1) is 2.88 Å². The van der Waals surface area contributed by atoms with Crippen LogP contribution in [0.4, 0.5) is 19.5 Å². The van der Waals surface area contributed by atoms with Gasteiger partial charge in [0.1, 0.15) is 2.88 Å². The van der Waals surface area contributed by atoms with Crippen LogP contribution < -0.4 is 9.38 Å². The van der Waals surface area contributed by atoms with Crippen molar-refractivity contribution >= 4 is 57.7 Å². The van der Waals surface area contributed by atoms with Gasteiger partial charge in [-0.2, -0.15) is 0 Å². The van der Waals surface area contributed by atoms with Crippen LogP contribution >= 0.6 is 33.9 Å². The van der Waals surface area contributed by atoms with Crippen molar-refractivity contribution in [2.45, 2.75) is 0 Å². The number of thiazole rings is 1. The number of hydrogen-bond donors (Lipinski definition) is 0. The van der Waals surface area contributed by atoms with E-state index < -0.39 is 7.04 Å². The van der Waals surface area contributed by atoms with Gasteiger partial charge in [0.25, 0.3) is 5.90 Å². The Morgan fingerprint density at radius 2 is 1.95 bits per heavy atom. The summed E-state index contributed by atoms with van der Waals surface area (Å²) in [4.78, 5) is 6.13. The van der Waals surface area contributed by atoms with Crippen molar-refractivity contribution in [2.24, 2.45) is 4.99 Å². The number of aliphatic imine (C=N–C) groups is 1. The van der Waals surface area contributed by atoms with Crippen molar-refractivity contribution in [3.63, 3.8) is 0 Å². The van der Waals surface area contributed by atoms with Crippen molar-refractivity contribution in [3.8, 4) is 0 Å². The maximum absolute atomic E-state index is 14.1. The molecule has 0 bridgehead atoms. The fraction of sp³-hybridized carbons (Fsp3) is 0.167. The number of hydrogen-bond acceptors (Lipinski definition) is 4. The van der Waals surface area contributed by atoms with Crippen molar-refractivity contribution in [2.75, 3.05) is 19.0 Å². The lowest BCUT2D eigenvalue weighted by molar-refractivity contribution is -0.564. The number of benzene rings is 1. The highest BCUT2D eigenvalue weighted by atomic mass is 127. The molecule has 0 fully saturated rings. The Morgan fingerprint density at radius 1 is 1.29 bits per heavy atom. The Balaban J connectivity index is 2.02. The molecule has 0 N–H and O–H groups in total. The van der Waals surface area contributed by atoms with E-state index in [1.54, 1.807) is 12.1 Å². The van der Waals surface area contributed by atoms with Gasteiger partial charge in [0.05, 0.1) is 11.8 Å². The summed E-state index contributed by atoms with van der Waals surface area (Å²) in [5.41, 5.74) is 1.52. The number of aromatic nitrogens is 1. The first-order valence-corrected chi connectivity index (χ1v) is 8.03. The molecule has 110 valence electrons. The van der Waals surface area contributed by atoms with Crippen LogP contribution in [0.1, 0.15) is 5.56 Å². The Hall–Kier alpha value is -1.23. The maximum Gasteiger partial charge on any atom is 0.737 e. The SMILES string of the molecule is CN(C)c1ccc(C2=Nc3sc(I)c[n+]3[B-](F)(F)O2)cc1. The van der Waals surface area contributed by atoms with Crippen LogP contribution in [0.25, 0.3) is 0 Å². The predicted octanol–water partition coefficient (Wildman–Crippen LogP) is 3.04. The van der Waals surface area contributed by atoms with E-state index in [0.717, 1.165) is 13.0 Å². The number of rotatable bonds is 2. The molecule has 0 aliphatic carbocycles. The molecule has 4 nitrogen and oxygen atoms in total. The number of fused-ring (bicyclic) bond motifs is 1. The minimum absolute atomic E-state index is 0.0384. The quantitative estimate of drug-likeness (QED) is 0.552. The van der Waals surface area contributed by atoms with Crippen molar-refractivity contribution in [1.29, 1.82) is 0 Å². The van der Waals surface area contributed by atoms with E-state index in [9.17, 15) is 8.63 Å². The van der Waals surface area contributed by atoms with Crippen LogP contribution in [-0.4, -0.2) is 27.0 Å². The van der Waals surface area contributed by atoms with Crippen molar-refractivity contribution in [3.05, 3.63) is 38.9 Å². The minimum Gasteiger partial charge on any atom is -0.590 e. The lowest BCUT2D eigenvalue weighted by Gasteiger charge is -2.25. The van der Waals surface area contributed by atoms with Gasteiger partial charge < -0.3 is 22.7 Å². The Labute approximate surface area is 138 Å². The second-order valence-electron chi connectivity index (χ2n) is 4.76. The molecule has 1 aliphatic rings. The lowest BCUT2D eigenvalue weighted by atomic mass is 10.0. The summed E-state index contributed by atoms with van der Waals surface area (Å²) in [6, 6.07) is 7.14. The average molecular weight is 421 g/mol. The van der Waals surface area contributed by atoms with Crippen LogP contribution in [0.15, 0.2) is 35.5 Å². The van der Waals surface area contributed by atoms with Gasteiger partial charge in [-0.25, -0.2) is 0 Å². The van der Waals surface area contributed by atoms with Gasteiger partial charge in [0.15, 0.2) is 0 Å². The van der Waals surface area contributed by atoms with Crippen LogP contribution in [0.2, 0.25) is 0 Å². The molecule has 0 amide bonds. The Bertz CT molecular complexity index is 718. The van der Waals surface area contributed by atoms with Gasteiger partial charge in [0.2, 0.25) is 0 Å². The number of halogens is 3. The normalized spacial score (nSPS) is 16.0. The molecule has 1 aromatic heterocycles. The fourth-order valence-electron chi connectivity index (χ4n) is 1.97. The molecule has 0 spiro atoms. The topological polar surface area (TPSA) is 28.7 Å². The highest BCUT2D eigenvalue weighted by molar-refractivity contribution is 14.1. The Morgan fingerprint density at radius 3 is 2.57 bits per heavy atom. The van der Waals surface area contributed by atoms with Gasteiger partial charge in [-0.05, 0) is 58.2 Å². The molecule has 3 rings (SSSR count). The van der Waals surface area contributed by atoms with E-state index in [4.69, 9.17) is 4.65 Å². The first-order valence-electron chi connectivity index (χ1n) is 6.14. The molecule has 0 radical (unpaired) electrons. The van der Waals surface area contributed by atoms with E-state index in [-0.39, 0.29) is 11.0 Å². The summed E-state index contributed by atoms with van der Waals surface area (Å²) in [6.45, 7) is 0. The van der Waals surface area contributed by atoms with Crippen LogP contribution in [0.5, 0.6) is 0 Å². The van der Waals surface area contributed by atoms with Gasteiger partial charge in [0, 0.05) is 24.8 Å². The summed E-state index contributed by atoms with van der Waals surface area (Å²) < 4.78 is 34.5. The first-order chi connectivity index (χ1) is 9.87. The van der Waals surface area contributed by atoms with E-state index in [0.29, 0.717) is 5.56 Å². The second-order valence-corrected chi connectivity index (χ2v) is 7.67. The largest absolute Gasteiger partial charge is 0.737 e. The van der Waals surface area contributed by atoms with Gasteiger partial charge in [-0.3, -0.25) is 0 Å². The van der Waals surface area contributed by atoms with Crippen molar-refractivity contribution < 1.29 is 17.8 Å². The molecular weight excluding hydrogens is 410 g/mol. The van der Waals surface area contributed by atoms with Gasteiger partial charge in [-0.1, -0.05) is 0 Å². The molecule has 0 unspecified atom stereocenters. The first kappa shape index (κ1) is 14.7. The molecule has 21 heavy (non-hydrogen) atoms. The van der Waals surface area contributed by atoms with Gasteiger partial charge in [-0.15, -0.1) is 0 Å². The molecule has 9 heteroatoms. The molecule has 0 saturated heterocycles. The standard InChI is InChI=1S/C12H11BF2IN3OS/c1-18(2)9-5-3-8(4-6-9)11-17-12-19(7-10(16)21-12)13(14,15)20-11/h3-7H,1-2H3. The fourth-order valence-corrected chi connectivity index (χ4v) is 3.61. The summed E-state index contributed by atoms with van der Waals surface area (Å²) in [6.07, 6.45) is 1.36. The van der Waals surface area contributed by atoms with Crippen molar-refractivity contribution in [1.82, 2.24) is 0 Å². The summed E-state index contributed by atoms with van der Waals surface area (Å²) in [5, 5.41) is 0.252. The smallest absolute Gasteiger partial charge is 0.590 e. The predicted molar refractivity (Wildman–Crippen MR) is 88.7 cm³/mol. The molecule has 0 saturated carbocycles. The van der Waals surface area contributed by atoms with Gasteiger partial charge >= 0.3 is 12.2 Å². The number of anilines is 1. The molecule has 1 aromatic carbocycles. The molecule has 0 atom stereocenters.